The minimum atomic E-state index is -4.48. The second-order valence-electron chi connectivity index (χ2n) is 6.20. The lowest BCUT2D eigenvalue weighted by Crippen LogP contribution is -2.57. The Morgan fingerprint density at radius 1 is 1.27 bits per heavy atom. The molecule has 0 aliphatic carbocycles. The number of hydrogen-bond acceptors (Lipinski definition) is 4. The average Bonchev–Trinajstić information content (AvgIpc) is 2.83. The van der Waals surface area contributed by atoms with Crippen molar-refractivity contribution in [3.8, 4) is 0 Å². The number of carbonyl (C=O) groups excluding carboxylic acids is 1. The number of hydrogen-bond donors (Lipinski definition) is 2. The molecular weight excluding hydrogens is 361 g/mol. The van der Waals surface area contributed by atoms with E-state index < -0.39 is 31.2 Å². The molecule has 1 aromatic heterocycles. The molecule has 26 heavy (non-hydrogen) atoms. The van der Waals surface area contributed by atoms with E-state index in [1.54, 1.807) is 0 Å². The summed E-state index contributed by atoms with van der Waals surface area (Å²) in [7, 11) is 0. The van der Waals surface area contributed by atoms with Gasteiger partial charge < -0.3 is 10.6 Å². The van der Waals surface area contributed by atoms with E-state index in [9.17, 15) is 26.7 Å². The predicted octanol–water partition coefficient (Wildman–Crippen LogP) is 1.39. The summed E-state index contributed by atoms with van der Waals surface area (Å²) in [5.41, 5.74) is 0.683. The fourth-order valence-corrected chi connectivity index (χ4v) is 3.02. The molecule has 1 unspecified atom stereocenters. The molecule has 1 amide bonds. The topological polar surface area (TPSA) is 62.2 Å². The van der Waals surface area contributed by atoms with Crippen LogP contribution in [0, 0.1) is 13.8 Å². The SMILES string of the molecule is Cc1nn(C(F)F)c(C)c1CC(=O)NCC(N1CCNCC1)C(F)(F)F. The van der Waals surface area contributed by atoms with Crippen molar-refractivity contribution in [3.63, 3.8) is 0 Å². The zero-order valence-corrected chi connectivity index (χ0v) is 14.5. The van der Waals surface area contributed by atoms with Crippen molar-refractivity contribution < 1.29 is 26.7 Å². The number of nitrogens with one attached hydrogen (secondary N) is 2. The van der Waals surface area contributed by atoms with Crippen molar-refractivity contribution in [2.24, 2.45) is 0 Å². The van der Waals surface area contributed by atoms with Crippen molar-refractivity contribution in [1.82, 2.24) is 25.3 Å². The van der Waals surface area contributed by atoms with Gasteiger partial charge in [0.2, 0.25) is 5.91 Å². The van der Waals surface area contributed by atoms with Gasteiger partial charge in [0, 0.05) is 44.0 Å². The Morgan fingerprint density at radius 2 is 1.88 bits per heavy atom. The van der Waals surface area contributed by atoms with Crippen molar-refractivity contribution in [2.45, 2.75) is 39.0 Å². The van der Waals surface area contributed by atoms with Crippen LogP contribution < -0.4 is 10.6 Å². The fraction of sp³-hybridized carbons (Fsp3) is 0.733. The molecule has 1 atom stereocenters. The van der Waals surface area contributed by atoms with Crippen LogP contribution in [0.4, 0.5) is 22.0 Å². The molecule has 1 aromatic rings. The van der Waals surface area contributed by atoms with Crippen LogP contribution >= 0.6 is 0 Å². The van der Waals surface area contributed by atoms with E-state index in [-0.39, 0.29) is 30.9 Å². The lowest BCUT2D eigenvalue weighted by Gasteiger charge is -2.35. The monoisotopic (exact) mass is 383 g/mol. The number of piperazine rings is 1. The van der Waals surface area contributed by atoms with Gasteiger partial charge in [-0.15, -0.1) is 0 Å². The van der Waals surface area contributed by atoms with Crippen LogP contribution in [0.2, 0.25) is 0 Å². The minimum Gasteiger partial charge on any atom is -0.354 e. The largest absolute Gasteiger partial charge is 0.405 e. The van der Waals surface area contributed by atoms with Gasteiger partial charge in [-0.25, -0.2) is 4.68 Å². The number of carbonyl (C=O) groups is 1. The normalized spacial score (nSPS) is 17.5. The predicted molar refractivity (Wildman–Crippen MR) is 84.0 cm³/mol. The molecule has 1 fully saturated rings. The van der Waals surface area contributed by atoms with Crippen molar-refractivity contribution in [2.75, 3.05) is 32.7 Å². The molecule has 2 rings (SSSR count). The standard InChI is InChI=1S/C15H22F5N5O/c1-9-11(10(2)25(23-9)14(16)17)7-13(26)22-8-12(15(18,19)20)24-5-3-21-4-6-24/h12,14,21H,3-8H2,1-2H3,(H,22,26). The van der Waals surface area contributed by atoms with Crippen molar-refractivity contribution in [1.29, 1.82) is 0 Å². The van der Waals surface area contributed by atoms with E-state index in [0.717, 1.165) is 0 Å². The van der Waals surface area contributed by atoms with Gasteiger partial charge in [-0.05, 0) is 13.8 Å². The summed E-state index contributed by atoms with van der Waals surface area (Å²) in [5.74, 6) is -0.658. The van der Waals surface area contributed by atoms with E-state index >= 15 is 0 Å². The number of amides is 1. The van der Waals surface area contributed by atoms with E-state index in [1.807, 2.05) is 0 Å². The van der Waals surface area contributed by atoms with E-state index in [0.29, 0.717) is 23.3 Å². The molecule has 148 valence electrons. The Morgan fingerprint density at radius 3 is 2.38 bits per heavy atom. The van der Waals surface area contributed by atoms with Gasteiger partial charge >= 0.3 is 12.7 Å². The van der Waals surface area contributed by atoms with E-state index in [1.165, 1.54) is 18.7 Å². The summed E-state index contributed by atoms with van der Waals surface area (Å²) in [5, 5.41) is 8.92. The van der Waals surface area contributed by atoms with Gasteiger partial charge in [0.05, 0.1) is 12.1 Å². The number of aryl methyl sites for hydroxylation is 1. The maximum atomic E-state index is 13.3. The van der Waals surface area contributed by atoms with Gasteiger partial charge in [-0.2, -0.15) is 27.1 Å². The van der Waals surface area contributed by atoms with Gasteiger partial charge in [-0.1, -0.05) is 0 Å². The Balaban J connectivity index is 2.00. The highest BCUT2D eigenvalue weighted by atomic mass is 19.4. The highest BCUT2D eigenvalue weighted by molar-refractivity contribution is 5.79. The third-order valence-corrected chi connectivity index (χ3v) is 4.46. The number of rotatable bonds is 6. The highest BCUT2D eigenvalue weighted by Gasteiger charge is 2.43. The maximum Gasteiger partial charge on any atom is 0.405 e. The zero-order chi connectivity index (χ0) is 19.5. The van der Waals surface area contributed by atoms with Crippen LogP contribution in [0.1, 0.15) is 23.5 Å². The van der Waals surface area contributed by atoms with Gasteiger partial charge in [-0.3, -0.25) is 9.69 Å². The van der Waals surface area contributed by atoms with Crippen LogP contribution in [-0.4, -0.2) is 65.5 Å². The molecule has 1 aliphatic rings. The molecule has 0 radical (unpaired) electrons. The van der Waals surface area contributed by atoms with Crippen LogP contribution in [-0.2, 0) is 11.2 Å². The summed E-state index contributed by atoms with van der Waals surface area (Å²) in [6, 6.07) is -1.78. The zero-order valence-electron chi connectivity index (χ0n) is 14.5. The molecule has 0 bridgehead atoms. The summed E-state index contributed by atoms with van der Waals surface area (Å²) >= 11 is 0. The van der Waals surface area contributed by atoms with Crippen LogP contribution in [0.5, 0.6) is 0 Å². The molecule has 2 heterocycles. The average molecular weight is 383 g/mol. The molecule has 0 spiro atoms. The number of alkyl halides is 5. The summed E-state index contributed by atoms with van der Waals surface area (Å²) in [6.45, 7) is 0.828. The van der Waals surface area contributed by atoms with Crippen LogP contribution in [0.3, 0.4) is 0 Å². The quantitative estimate of drug-likeness (QED) is 0.729. The molecule has 11 heteroatoms. The first-order valence-corrected chi connectivity index (χ1v) is 8.22. The lowest BCUT2D eigenvalue weighted by molar-refractivity contribution is -0.184. The fourth-order valence-electron chi connectivity index (χ4n) is 3.02. The summed E-state index contributed by atoms with van der Waals surface area (Å²) in [4.78, 5) is 13.4. The second-order valence-corrected chi connectivity index (χ2v) is 6.20. The second kappa shape index (κ2) is 8.30. The Bertz CT molecular complexity index is 625. The number of halogens is 5. The number of nitrogens with zero attached hydrogens (tertiary/aromatic N) is 3. The third kappa shape index (κ3) is 4.91. The summed E-state index contributed by atoms with van der Waals surface area (Å²) < 4.78 is 66.0. The lowest BCUT2D eigenvalue weighted by atomic mass is 10.1. The summed E-state index contributed by atoms with van der Waals surface area (Å²) in [6.07, 6.45) is -4.77. The Hall–Kier alpha value is -1.75. The van der Waals surface area contributed by atoms with E-state index in [2.05, 4.69) is 15.7 Å². The highest BCUT2D eigenvalue weighted by Crippen LogP contribution is 2.25. The third-order valence-electron chi connectivity index (χ3n) is 4.46. The molecule has 1 saturated heterocycles. The Labute approximate surface area is 147 Å². The maximum absolute atomic E-state index is 13.3. The molecule has 2 N–H and O–H groups in total. The van der Waals surface area contributed by atoms with Gasteiger partial charge in [0.15, 0.2) is 0 Å². The smallest absolute Gasteiger partial charge is 0.354 e. The van der Waals surface area contributed by atoms with Gasteiger partial charge in [0.1, 0.15) is 6.04 Å². The number of aromatic nitrogens is 2. The first-order chi connectivity index (χ1) is 12.1. The molecule has 1 aliphatic heterocycles. The van der Waals surface area contributed by atoms with Crippen LogP contribution in [0.15, 0.2) is 0 Å². The molecule has 0 saturated carbocycles. The Kier molecular flexibility index (Phi) is 6.56. The molecule has 0 aromatic carbocycles. The molecular formula is C15H22F5N5O. The van der Waals surface area contributed by atoms with Gasteiger partial charge in [0.25, 0.3) is 0 Å². The van der Waals surface area contributed by atoms with Crippen molar-refractivity contribution in [3.05, 3.63) is 17.0 Å². The first kappa shape index (κ1) is 20.6. The van der Waals surface area contributed by atoms with Crippen molar-refractivity contribution >= 4 is 5.91 Å². The van der Waals surface area contributed by atoms with E-state index in [4.69, 9.17) is 0 Å². The van der Waals surface area contributed by atoms with Crippen LogP contribution in [0.25, 0.3) is 0 Å². The molecule has 6 nitrogen and oxygen atoms in total. The first-order valence-electron chi connectivity index (χ1n) is 8.22. The minimum absolute atomic E-state index is 0.127.